The van der Waals surface area contributed by atoms with Crippen LogP contribution in [0.2, 0.25) is 0 Å². The second kappa shape index (κ2) is 11.0. The first kappa shape index (κ1) is 31.7. The lowest BCUT2D eigenvalue weighted by Crippen LogP contribution is -2.11. The van der Waals surface area contributed by atoms with Crippen molar-refractivity contribution in [1.29, 1.82) is 0 Å². The summed E-state index contributed by atoms with van der Waals surface area (Å²) in [5.41, 5.74) is 4.53. The highest BCUT2D eigenvalue weighted by molar-refractivity contribution is 6.11. The van der Waals surface area contributed by atoms with Crippen LogP contribution in [-0.4, -0.2) is 14.1 Å². The van der Waals surface area contributed by atoms with Crippen LogP contribution < -0.4 is 0 Å². The molecule has 8 rings (SSSR count). The number of aromatic nitrogens is 3. The molecule has 0 aliphatic rings. The molecular weight excluding hydrogens is 648 g/mol. The SMILES string of the molecule is Cc1ccc2c3ccc(C)cc3n(-c3cc(-c4cc(C(F)(F)F)cc(C(F)(F)F)c4)c(-n4c5cc(C)ccc5c5ccc(C)cc54)cn3)c2c1. The van der Waals surface area contributed by atoms with Gasteiger partial charge in [0.25, 0.3) is 0 Å². The zero-order valence-corrected chi connectivity index (χ0v) is 27.4. The van der Waals surface area contributed by atoms with E-state index < -0.39 is 23.5 Å². The predicted molar refractivity (Wildman–Crippen MR) is 187 cm³/mol. The second-order valence-corrected chi connectivity index (χ2v) is 13.1. The third-order valence-corrected chi connectivity index (χ3v) is 9.39. The molecule has 0 unspecified atom stereocenters. The van der Waals surface area contributed by atoms with E-state index in [-0.39, 0.29) is 17.2 Å². The van der Waals surface area contributed by atoms with Crippen LogP contribution >= 0.6 is 0 Å². The van der Waals surface area contributed by atoms with E-state index in [1.54, 1.807) is 12.3 Å². The molecule has 0 bridgehead atoms. The molecule has 5 aromatic carbocycles. The lowest BCUT2D eigenvalue weighted by atomic mass is 9.98. The molecule has 3 aromatic heterocycles. The lowest BCUT2D eigenvalue weighted by molar-refractivity contribution is -0.143. The quantitative estimate of drug-likeness (QED) is 0.171. The first-order valence-electron chi connectivity index (χ1n) is 16.0. The molecule has 0 aliphatic heterocycles. The first-order chi connectivity index (χ1) is 23.7. The van der Waals surface area contributed by atoms with Crippen molar-refractivity contribution in [2.24, 2.45) is 0 Å². The summed E-state index contributed by atoms with van der Waals surface area (Å²) in [5, 5.41) is 3.69. The standard InChI is InChI=1S/C41H29F6N3/c1-22-5-9-29-30-10-6-23(2)14-35(30)49(34(29)13-22)38-21-48-39(20-33(38)26-17-27(40(42,43)44)19-28(18-26)41(45,46)47)50-36-15-24(3)7-11-31(36)32-12-8-25(4)16-37(32)50/h5-21H,1-4H3. The summed E-state index contributed by atoms with van der Waals surface area (Å²) in [7, 11) is 0. The minimum atomic E-state index is -5.02. The van der Waals surface area contributed by atoms with Crippen LogP contribution in [0.25, 0.3) is 66.2 Å². The fourth-order valence-electron chi connectivity index (χ4n) is 7.06. The largest absolute Gasteiger partial charge is 0.416 e. The second-order valence-electron chi connectivity index (χ2n) is 13.1. The first-order valence-corrected chi connectivity index (χ1v) is 16.0. The third-order valence-electron chi connectivity index (χ3n) is 9.39. The van der Waals surface area contributed by atoms with Gasteiger partial charge in [0.2, 0.25) is 0 Å². The van der Waals surface area contributed by atoms with E-state index in [1.165, 1.54) is 0 Å². The number of aryl methyl sites for hydroxylation is 4. The normalized spacial score (nSPS) is 12.6. The molecule has 0 aliphatic carbocycles. The Morgan fingerprint density at radius 3 is 1.22 bits per heavy atom. The molecule has 0 spiro atoms. The zero-order chi connectivity index (χ0) is 35.3. The van der Waals surface area contributed by atoms with E-state index >= 15 is 0 Å². The van der Waals surface area contributed by atoms with Crippen molar-refractivity contribution in [2.45, 2.75) is 40.0 Å². The number of benzene rings is 5. The van der Waals surface area contributed by atoms with Gasteiger partial charge in [0.15, 0.2) is 0 Å². The number of rotatable bonds is 3. The van der Waals surface area contributed by atoms with Crippen LogP contribution in [0, 0.1) is 27.7 Å². The average molecular weight is 678 g/mol. The summed E-state index contributed by atoms with van der Waals surface area (Å²) < 4.78 is 89.4. The Labute approximate surface area is 283 Å². The van der Waals surface area contributed by atoms with Gasteiger partial charge in [-0.3, -0.25) is 4.57 Å². The number of halogens is 6. The van der Waals surface area contributed by atoms with Crippen LogP contribution in [0.4, 0.5) is 26.3 Å². The van der Waals surface area contributed by atoms with Crippen LogP contribution in [0.15, 0.2) is 103 Å². The maximum atomic E-state index is 14.3. The molecule has 250 valence electrons. The van der Waals surface area contributed by atoms with Gasteiger partial charge in [-0.05, 0) is 104 Å². The van der Waals surface area contributed by atoms with Crippen LogP contribution in [0.3, 0.4) is 0 Å². The van der Waals surface area contributed by atoms with E-state index in [0.29, 0.717) is 11.5 Å². The molecule has 50 heavy (non-hydrogen) atoms. The van der Waals surface area contributed by atoms with Crippen molar-refractivity contribution in [1.82, 2.24) is 14.1 Å². The molecule has 0 saturated heterocycles. The van der Waals surface area contributed by atoms with Gasteiger partial charge in [-0.25, -0.2) is 4.98 Å². The third kappa shape index (κ3) is 5.11. The molecule has 0 atom stereocenters. The van der Waals surface area contributed by atoms with Gasteiger partial charge in [-0.15, -0.1) is 0 Å². The Hall–Kier alpha value is -5.57. The minimum Gasteiger partial charge on any atom is -0.307 e. The zero-order valence-electron chi connectivity index (χ0n) is 27.4. The summed E-state index contributed by atoms with van der Waals surface area (Å²) in [5.74, 6) is 0.360. The van der Waals surface area contributed by atoms with Gasteiger partial charge >= 0.3 is 12.4 Å². The molecule has 0 saturated carbocycles. The Bertz CT molecular complexity index is 2520. The Morgan fingerprint density at radius 2 is 0.840 bits per heavy atom. The Kier molecular flexibility index (Phi) is 6.95. The van der Waals surface area contributed by atoms with Crippen molar-refractivity contribution < 1.29 is 26.3 Å². The summed E-state index contributed by atoms with van der Waals surface area (Å²) in [6.45, 7) is 7.79. The van der Waals surface area contributed by atoms with E-state index in [9.17, 15) is 26.3 Å². The predicted octanol–water partition coefficient (Wildman–Crippen LogP) is 12.2. The van der Waals surface area contributed by atoms with Gasteiger partial charge in [0, 0.05) is 27.1 Å². The average Bonchev–Trinajstić information content (AvgIpc) is 3.53. The van der Waals surface area contributed by atoms with E-state index in [2.05, 4.69) is 0 Å². The molecule has 0 fully saturated rings. The number of hydrogen-bond acceptors (Lipinski definition) is 1. The minimum absolute atomic E-state index is 0.164. The summed E-state index contributed by atoms with van der Waals surface area (Å²) in [6, 6.07) is 27.2. The fraction of sp³-hybridized carbons (Fsp3) is 0.146. The van der Waals surface area contributed by atoms with Gasteiger partial charge in [0.05, 0.1) is 45.1 Å². The highest BCUT2D eigenvalue weighted by Crippen LogP contribution is 2.43. The molecule has 9 heteroatoms. The Morgan fingerprint density at radius 1 is 0.460 bits per heavy atom. The smallest absolute Gasteiger partial charge is 0.307 e. The molecule has 3 heterocycles. The number of fused-ring (bicyclic) bond motifs is 6. The molecule has 8 aromatic rings. The number of alkyl halides is 6. The monoisotopic (exact) mass is 677 g/mol. The summed E-state index contributed by atoms with van der Waals surface area (Å²) in [4.78, 5) is 4.92. The van der Waals surface area contributed by atoms with Crippen molar-refractivity contribution >= 4 is 43.6 Å². The molecule has 0 N–H and O–H groups in total. The highest BCUT2D eigenvalue weighted by Gasteiger charge is 2.37. The maximum Gasteiger partial charge on any atom is 0.416 e. The van der Waals surface area contributed by atoms with Crippen molar-refractivity contribution in [3.05, 3.63) is 137 Å². The van der Waals surface area contributed by atoms with Crippen LogP contribution in [0.5, 0.6) is 0 Å². The maximum absolute atomic E-state index is 14.3. The molecule has 3 nitrogen and oxygen atoms in total. The van der Waals surface area contributed by atoms with Gasteiger partial charge < -0.3 is 4.57 Å². The molecular formula is C41H29F6N3. The number of pyridine rings is 1. The Balaban J connectivity index is 1.53. The van der Waals surface area contributed by atoms with Crippen LogP contribution in [0.1, 0.15) is 33.4 Å². The molecule has 0 amide bonds. The van der Waals surface area contributed by atoms with Crippen LogP contribution in [-0.2, 0) is 12.4 Å². The number of nitrogens with zero attached hydrogens (tertiary/aromatic N) is 3. The lowest BCUT2D eigenvalue weighted by Gasteiger charge is -2.19. The van der Waals surface area contributed by atoms with Crippen molar-refractivity contribution in [3.8, 4) is 22.6 Å². The molecule has 0 radical (unpaired) electrons. The summed E-state index contributed by atoms with van der Waals surface area (Å²) in [6.07, 6.45) is -8.48. The summed E-state index contributed by atoms with van der Waals surface area (Å²) >= 11 is 0. The van der Waals surface area contributed by atoms with Crippen molar-refractivity contribution in [3.63, 3.8) is 0 Å². The fourth-order valence-corrected chi connectivity index (χ4v) is 7.06. The van der Waals surface area contributed by atoms with Gasteiger partial charge in [-0.2, -0.15) is 26.3 Å². The highest BCUT2D eigenvalue weighted by atomic mass is 19.4. The van der Waals surface area contributed by atoms with Gasteiger partial charge in [-0.1, -0.05) is 48.5 Å². The van der Waals surface area contributed by atoms with E-state index in [1.807, 2.05) is 110 Å². The van der Waals surface area contributed by atoms with E-state index in [0.717, 1.165) is 78.0 Å². The number of hydrogen-bond donors (Lipinski definition) is 0. The van der Waals surface area contributed by atoms with E-state index in [4.69, 9.17) is 4.98 Å². The topological polar surface area (TPSA) is 22.8 Å². The van der Waals surface area contributed by atoms with Crippen molar-refractivity contribution in [2.75, 3.05) is 0 Å². The van der Waals surface area contributed by atoms with Gasteiger partial charge in [0.1, 0.15) is 5.82 Å².